The summed E-state index contributed by atoms with van der Waals surface area (Å²) < 4.78 is 16.3. The van der Waals surface area contributed by atoms with Gasteiger partial charge < -0.3 is 19.5 Å². The number of carbonyl (C=O) groups excluding carboxylic acids is 1. The first-order valence-electron chi connectivity index (χ1n) is 9.28. The van der Waals surface area contributed by atoms with Crippen LogP contribution in [-0.2, 0) is 4.74 Å². The predicted molar refractivity (Wildman–Crippen MR) is 114 cm³/mol. The molecule has 0 aliphatic rings. The van der Waals surface area contributed by atoms with Crippen molar-refractivity contribution in [3.63, 3.8) is 0 Å². The maximum absolute atomic E-state index is 12.4. The van der Waals surface area contributed by atoms with Gasteiger partial charge in [0.25, 0.3) is 5.91 Å². The quantitative estimate of drug-likeness (QED) is 0.462. The lowest BCUT2D eigenvalue weighted by molar-refractivity contribution is 0.0977. The number of hydrogen-bond donors (Lipinski definition) is 2. The van der Waals surface area contributed by atoms with Crippen molar-refractivity contribution >= 4 is 28.9 Å². The van der Waals surface area contributed by atoms with Gasteiger partial charge in [0.15, 0.2) is 5.11 Å². The summed E-state index contributed by atoms with van der Waals surface area (Å²) in [6.45, 7) is 6.30. The van der Waals surface area contributed by atoms with Gasteiger partial charge in [-0.3, -0.25) is 10.1 Å². The largest absolute Gasteiger partial charge is 0.494 e. The van der Waals surface area contributed by atoms with Crippen LogP contribution in [0.15, 0.2) is 48.5 Å². The van der Waals surface area contributed by atoms with Gasteiger partial charge in [-0.25, -0.2) is 0 Å². The second kappa shape index (κ2) is 11.9. The Morgan fingerprint density at radius 1 is 0.964 bits per heavy atom. The van der Waals surface area contributed by atoms with Gasteiger partial charge in [0.05, 0.1) is 13.2 Å². The minimum Gasteiger partial charge on any atom is -0.494 e. The fourth-order valence-corrected chi connectivity index (χ4v) is 2.49. The van der Waals surface area contributed by atoms with E-state index in [9.17, 15) is 4.79 Å². The molecule has 2 N–H and O–H groups in total. The summed E-state index contributed by atoms with van der Waals surface area (Å²) in [7, 11) is 0. The van der Waals surface area contributed by atoms with Crippen molar-refractivity contribution in [1.29, 1.82) is 0 Å². The van der Waals surface area contributed by atoms with Crippen LogP contribution in [-0.4, -0.2) is 37.4 Å². The molecule has 2 rings (SSSR count). The number of hydrogen-bond acceptors (Lipinski definition) is 5. The first kappa shape index (κ1) is 21.7. The van der Waals surface area contributed by atoms with Crippen LogP contribution in [0.2, 0.25) is 0 Å². The van der Waals surface area contributed by atoms with Gasteiger partial charge in [-0.05, 0) is 68.0 Å². The third-order valence-corrected chi connectivity index (χ3v) is 3.81. The van der Waals surface area contributed by atoms with Crippen LogP contribution in [0.25, 0.3) is 0 Å². The summed E-state index contributed by atoms with van der Waals surface area (Å²) in [5.41, 5.74) is 1.23. The zero-order valence-electron chi connectivity index (χ0n) is 16.2. The maximum atomic E-state index is 12.4. The van der Waals surface area contributed by atoms with Crippen molar-refractivity contribution in [3.05, 3.63) is 54.1 Å². The molecule has 0 aromatic heterocycles. The molecule has 0 atom stereocenters. The molecule has 2 aromatic carbocycles. The summed E-state index contributed by atoms with van der Waals surface area (Å²) in [6.07, 6.45) is 0.904. The highest BCUT2D eigenvalue weighted by Crippen LogP contribution is 2.16. The molecular formula is C21H26N2O4S. The lowest BCUT2D eigenvalue weighted by Crippen LogP contribution is -2.34. The van der Waals surface area contributed by atoms with E-state index in [1.165, 1.54) is 0 Å². The first-order chi connectivity index (χ1) is 13.6. The molecule has 0 fully saturated rings. The topological polar surface area (TPSA) is 68.8 Å². The fourth-order valence-electron chi connectivity index (χ4n) is 2.28. The average molecular weight is 403 g/mol. The lowest BCUT2D eigenvalue weighted by Gasteiger charge is -2.11. The molecule has 28 heavy (non-hydrogen) atoms. The van der Waals surface area contributed by atoms with Crippen LogP contribution < -0.4 is 20.1 Å². The van der Waals surface area contributed by atoms with Gasteiger partial charge in [-0.15, -0.1) is 0 Å². The van der Waals surface area contributed by atoms with E-state index in [4.69, 9.17) is 26.4 Å². The summed E-state index contributed by atoms with van der Waals surface area (Å²) in [5, 5.41) is 5.87. The van der Waals surface area contributed by atoms with Crippen LogP contribution >= 0.6 is 12.2 Å². The summed E-state index contributed by atoms with van der Waals surface area (Å²) >= 11 is 5.22. The molecule has 150 valence electrons. The summed E-state index contributed by atoms with van der Waals surface area (Å²) in [6, 6.07) is 14.3. The van der Waals surface area contributed by atoms with E-state index in [1.807, 2.05) is 44.2 Å². The molecule has 0 radical (unpaired) electrons. The van der Waals surface area contributed by atoms with E-state index >= 15 is 0 Å². The minimum absolute atomic E-state index is 0.217. The molecule has 2 aromatic rings. The molecule has 7 heteroatoms. The predicted octanol–water partition coefficient (Wildman–Crippen LogP) is 4.02. The van der Waals surface area contributed by atoms with E-state index in [1.54, 1.807) is 18.2 Å². The minimum atomic E-state index is -0.296. The zero-order valence-corrected chi connectivity index (χ0v) is 17.0. The van der Waals surface area contributed by atoms with E-state index in [0.717, 1.165) is 17.9 Å². The lowest BCUT2D eigenvalue weighted by atomic mass is 10.2. The van der Waals surface area contributed by atoms with Crippen LogP contribution in [0, 0.1) is 0 Å². The summed E-state index contributed by atoms with van der Waals surface area (Å²) in [4.78, 5) is 12.4. The number of nitrogens with one attached hydrogen (secondary N) is 2. The molecule has 0 aliphatic carbocycles. The van der Waals surface area contributed by atoms with Crippen molar-refractivity contribution in [2.24, 2.45) is 0 Å². The molecule has 0 saturated carbocycles. The van der Waals surface area contributed by atoms with E-state index in [0.29, 0.717) is 37.7 Å². The molecule has 0 bridgehead atoms. The molecule has 0 aliphatic heterocycles. The Labute approximate surface area is 171 Å². The van der Waals surface area contributed by atoms with Gasteiger partial charge in [0.1, 0.15) is 18.1 Å². The van der Waals surface area contributed by atoms with Gasteiger partial charge >= 0.3 is 0 Å². The Hall–Kier alpha value is -2.64. The monoisotopic (exact) mass is 402 g/mol. The maximum Gasteiger partial charge on any atom is 0.257 e. The fraction of sp³-hybridized carbons (Fsp3) is 0.333. The highest BCUT2D eigenvalue weighted by atomic mass is 32.1. The molecule has 0 spiro atoms. The SMILES string of the molecule is CCCOc1cccc(C(=O)NC(=S)Nc2ccc(OCCOCC)cc2)c1. The highest BCUT2D eigenvalue weighted by molar-refractivity contribution is 7.80. The second-order valence-electron chi connectivity index (χ2n) is 5.85. The van der Waals surface area contributed by atoms with E-state index in [2.05, 4.69) is 10.6 Å². The van der Waals surface area contributed by atoms with Crippen molar-refractivity contribution in [3.8, 4) is 11.5 Å². The van der Waals surface area contributed by atoms with E-state index in [-0.39, 0.29) is 11.0 Å². The number of carbonyl (C=O) groups is 1. The zero-order chi connectivity index (χ0) is 20.2. The smallest absolute Gasteiger partial charge is 0.257 e. The second-order valence-corrected chi connectivity index (χ2v) is 6.26. The normalized spacial score (nSPS) is 10.2. The Morgan fingerprint density at radius 3 is 2.43 bits per heavy atom. The molecule has 1 amide bonds. The Bertz CT molecular complexity index is 765. The number of anilines is 1. The Kier molecular flexibility index (Phi) is 9.24. The third-order valence-electron chi connectivity index (χ3n) is 3.61. The van der Waals surface area contributed by atoms with Crippen molar-refractivity contribution in [1.82, 2.24) is 5.32 Å². The molecule has 0 saturated heterocycles. The molecule has 6 nitrogen and oxygen atoms in total. The van der Waals surface area contributed by atoms with Crippen LogP contribution in [0.4, 0.5) is 5.69 Å². The molecular weight excluding hydrogens is 376 g/mol. The van der Waals surface area contributed by atoms with Gasteiger partial charge in [-0.1, -0.05) is 13.0 Å². The average Bonchev–Trinajstić information content (AvgIpc) is 2.71. The summed E-state index contributed by atoms with van der Waals surface area (Å²) in [5.74, 6) is 1.10. The number of rotatable bonds is 10. The highest BCUT2D eigenvalue weighted by Gasteiger charge is 2.09. The van der Waals surface area contributed by atoms with Crippen molar-refractivity contribution in [2.45, 2.75) is 20.3 Å². The Morgan fingerprint density at radius 2 is 1.71 bits per heavy atom. The van der Waals surface area contributed by atoms with Crippen LogP contribution in [0.1, 0.15) is 30.6 Å². The van der Waals surface area contributed by atoms with Gasteiger partial charge in [-0.2, -0.15) is 0 Å². The van der Waals surface area contributed by atoms with Crippen molar-refractivity contribution < 1.29 is 19.0 Å². The van der Waals surface area contributed by atoms with Crippen molar-refractivity contribution in [2.75, 3.05) is 31.7 Å². The molecule has 0 heterocycles. The number of ether oxygens (including phenoxy) is 3. The molecule has 0 unspecified atom stereocenters. The van der Waals surface area contributed by atoms with Crippen LogP contribution in [0.3, 0.4) is 0 Å². The van der Waals surface area contributed by atoms with Crippen LogP contribution in [0.5, 0.6) is 11.5 Å². The number of thiocarbonyl (C=S) groups is 1. The first-order valence-corrected chi connectivity index (χ1v) is 9.69. The standard InChI is InChI=1S/C21H26N2O4S/c1-3-12-26-19-7-5-6-16(15-19)20(24)23-21(28)22-17-8-10-18(11-9-17)27-14-13-25-4-2/h5-11,15H,3-4,12-14H2,1-2H3,(H2,22,23,24,28). The van der Waals surface area contributed by atoms with Gasteiger partial charge in [0.2, 0.25) is 0 Å². The number of benzene rings is 2. The van der Waals surface area contributed by atoms with Gasteiger partial charge in [0, 0.05) is 17.9 Å². The third kappa shape index (κ3) is 7.54. The van der Waals surface area contributed by atoms with E-state index < -0.39 is 0 Å². The number of amides is 1. The Balaban J connectivity index is 1.83.